The van der Waals surface area contributed by atoms with Crippen LogP contribution in [0.2, 0.25) is 0 Å². The van der Waals surface area contributed by atoms with Gasteiger partial charge in [0.05, 0.1) is 0 Å². The standard InChI is InChI=1S/8ClH.2Fe.Mg/h8*1H;;;/q;;;;;;;;2*+3;+2/p-8. The van der Waals surface area contributed by atoms with Gasteiger partial charge in [-0.1, -0.05) is 0 Å². The molecule has 0 fully saturated rings. The fraction of sp³-hybridized carbons (Fsp3) is 0. The maximum atomic E-state index is 4.95. The second kappa shape index (κ2) is 9.36. The summed E-state index contributed by atoms with van der Waals surface area (Å²) in [6.45, 7) is 0. The van der Waals surface area contributed by atoms with E-state index in [0.29, 0.717) is 0 Å². The van der Waals surface area contributed by atoms with Gasteiger partial charge in [-0.3, -0.25) is 0 Å². The molecule has 0 aromatic carbocycles. The molecule has 0 heterocycles. The minimum atomic E-state index is -2.61. The summed E-state index contributed by atoms with van der Waals surface area (Å²) in [4.78, 5) is 0. The minimum absolute atomic E-state index is 0. The molecule has 0 rings (SSSR count). The van der Waals surface area contributed by atoms with Crippen molar-refractivity contribution in [1.29, 1.82) is 0 Å². The zero-order valence-corrected chi connectivity index (χ0v) is 14.1. The second-order valence-corrected chi connectivity index (χ2v) is 22.5. The van der Waals surface area contributed by atoms with Gasteiger partial charge in [-0.25, -0.2) is 0 Å². The largest absolute Gasteiger partial charge is 2.00 e. The van der Waals surface area contributed by atoms with E-state index in [2.05, 4.69) is 0 Å². The third kappa shape index (κ3) is 122. The van der Waals surface area contributed by atoms with E-state index in [1.807, 2.05) is 0 Å². The molecule has 0 nitrogen and oxygen atoms in total. The molecular formula is Cl8Fe2Mg. The summed E-state index contributed by atoms with van der Waals surface area (Å²) in [5, 5.41) is 0. The van der Waals surface area contributed by atoms with Gasteiger partial charge in [0.25, 0.3) is 0 Å². The normalized spacial score (nSPS) is 13.8. The summed E-state index contributed by atoms with van der Waals surface area (Å²) < 4.78 is 0. The Kier molecular flexibility index (Phi) is 17.5. The van der Waals surface area contributed by atoms with Gasteiger partial charge < -0.3 is 0 Å². The fourth-order valence-corrected chi connectivity index (χ4v) is 0. The Balaban J connectivity index is -0.000000107. The summed E-state index contributed by atoms with van der Waals surface area (Å²) in [6.07, 6.45) is 0. The number of rotatable bonds is 0. The average molecular weight is 420 g/mol. The third-order valence-electron chi connectivity index (χ3n) is 0. The van der Waals surface area contributed by atoms with Crippen LogP contribution in [0.25, 0.3) is 0 Å². The summed E-state index contributed by atoms with van der Waals surface area (Å²) in [5.74, 6) is 0. The van der Waals surface area contributed by atoms with Gasteiger partial charge >= 0.3 is 122 Å². The zero-order chi connectivity index (χ0) is 9.00. The van der Waals surface area contributed by atoms with E-state index in [1.165, 1.54) is 0 Å². The number of halogens is 8. The van der Waals surface area contributed by atoms with Crippen LogP contribution in [-0.4, -0.2) is 23.1 Å². The number of hydrogen-bond acceptors (Lipinski definition) is 0. The van der Waals surface area contributed by atoms with E-state index in [0.717, 1.165) is 0 Å². The molecule has 0 aliphatic rings. The van der Waals surface area contributed by atoms with E-state index in [4.69, 9.17) is 80.8 Å². The van der Waals surface area contributed by atoms with Gasteiger partial charge in [-0.15, -0.1) is 0 Å². The predicted octanol–water partition coefficient (Wildman–Crippen LogP) is 5.13. The maximum absolute atomic E-state index is 4.95. The summed E-state index contributed by atoms with van der Waals surface area (Å²) in [5.41, 5.74) is 0. The van der Waals surface area contributed by atoms with Crippen LogP contribution in [0, 0.1) is 0 Å². The van der Waals surface area contributed by atoms with E-state index < -0.39 is 18.4 Å². The summed E-state index contributed by atoms with van der Waals surface area (Å²) in [6, 6.07) is 0. The Bertz CT molecular complexity index is 55.1. The zero-order valence-electron chi connectivity index (χ0n) is 4.44. The third-order valence-corrected chi connectivity index (χ3v) is 0. The van der Waals surface area contributed by atoms with E-state index in [1.54, 1.807) is 0 Å². The molecular weight excluding hydrogens is 420 g/mol. The smallest absolute Gasteiger partial charge is 2.00 e. The van der Waals surface area contributed by atoms with Crippen molar-refractivity contribution in [2.24, 2.45) is 0 Å². The van der Waals surface area contributed by atoms with Gasteiger partial charge in [-0.2, -0.15) is 0 Å². The van der Waals surface area contributed by atoms with Crippen LogP contribution in [0.4, 0.5) is 0 Å². The molecule has 0 saturated heterocycles. The molecule has 0 atom stereocenters. The van der Waals surface area contributed by atoms with Crippen LogP contribution in [0.15, 0.2) is 0 Å². The molecule has 0 aromatic rings. The Morgan fingerprint density at radius 2 is 0.455 bits per heavy atom. The monoisotopic (exact) mass is 416 g/mol. The molecule has 0 spiro atoms. The van der Waals surface area contributed by atoms with Crippen LogP contribution in [0.3, 0.4) is 0 Å². The van der Waals surface area contributed by atoms with Crippen molar-refractivity contribution in [3.8, 4) is 0 Å². The van der Waals surface area contributed by atoms with Crippen molar-refractivity contribution in [3.05, 3.63) is 0 Å². The first-order chi connectivity index (χ1) is 4.00. The molecule has 74 valence electrons. The summed E-state index contributed by atoms with van der Waals surface area (Å²) in [7, 11) is 34.4. The average Bonchev–Trinajstić information content (AvgIpc) is 1.12. The molecule has 0 N–H and O–H groups in total. The second-order valence-electron chi connectivity index (χ2n) is 0.606. The molecule has 0 radical (unpaired) electrons. The quantitative estimate of drug-likeness (QED) is 0.478. The van der Waals surface area contributed by atoms with Crippen molar-refractivity contribution in [2.45, 2.75) is 0 Å². The molecule has 11 heavy (non-hydrogen) atoms. The first-order valence-corrected chi connectivity index (χ1v) is 13.2. The van der Waals surface area contributed by atoms with Gasteiger partial charge in [0.1, 0.15) is 0 Å². The Hall–Kier alpha value is 4.13. The van der Waals surface area contributed by atoms with E-state index >= 15 is 0 Å². The van der Waals surface area contributed by atoms with Crippen molar-refractivity contribution in [3.63, 3.8) is 0 Å². The van der Waals surface area contributed by atoms with Crippen molar-refractivity contribution >= 4 is 104 Å². The minimum Gasteiger partial charge on any atom is 2.00 e. The molecule has 0 amide bonds. The van der Waals surface area contributed by atoms with E-state index in [-0.39, 0.29) is 23.1 Å². The van der Waals surface area contributed by atoms with Crippen molar-refractivity contribution in [2.75, 3.05) is 0 Å². The molecule has 11 heteroatoms. The molecule has 0 aliphatic carbocycles. The molecule has 0 bridgehead atoms. The van der Waals surface area contributed by atoms with Crippen LogP contribution < -0.4 is 0 Å². The van der Waals surface area contributed by atoms with E-state index in [9.17, 15) is 0 Å². The SMILES string of the molecule is [Cl][Fe-]([Cl])([Cl])[Cl].[Cl][Fe-]([Cl])([Cl])[Cl].[Mg+2]. The van der Waals surface area contributed by atoms with Crippen LogP contribution in [0.5, 0.6) is 0 Å². The van der Waals surface area contributed by atoms with Crippen LogP contribution >= 0.6 is 80.8 Å². The molecule has 0 unspecified atom stereocenters. The maximum Gasteiger partial charge on any atom is 2.00 e. The Labute approximate surface area is 120 Å². The fourth-order valence-electron chi connectivity index (χ4n) is 0. The predicted molar refractivity (Wildman–Crippen MR) is 52.6 cm³/mol. The van der Waals surface area contributed by atoms with Gasteiger partial charge in [0.15, 0.2) is 0 Å². The van der Waals surface area contributed by atoms with Crippen molar-refractivity contribution in [1.82, 2.24) is 0 Å². The van der Waals surface area contributed by atoms with Crippen molar-refractivity contribution < 1.29 is 18.4 Å². The summed E-state index contributed by atoms with van der Waals surface area (Å²) >= 11 is 0. The van der Waals surface area contributed by atoms with Gasteiger partial charge in [0.2, 0.25) is 0 Å². The van der Waals surface area contributed by atoms with Gasteiger partial charge in [-0.05, 0) is 0 Å². The Morgan fingerprint density at radius 1 is 0.455 bits per heavy atom. The van der Waals surface area contributed by atoms with Crippen LogP contribution in [0.1, 0.15) is 0 Å². The van der Waals surface area contributed by atoms with Crippen LogP contribution in [-0.2, 0) is 18.4 Å². The topological polar surface area (TPSA) is 0 Å². The first-order valence-electron chi connectivity index (χ1n) is 1.07. The number of hydrogen-bond donors (Lipinski definition) is 0. The molecule has 0 aliphatic heterocycles. The van der Waals surface area contributed by atoms with Gasteiger partial charge in [0, 0.05) is 0 Å². The first kappa shape index (κ1) is 20.5. The molecule has 0 aromatic heterocycles. The molecule has 0 saturated carbocycles. The Morgan fingerprint density at radius 3 is 0.455 bits per heavy atom.